The lowest BCUT2D eigenvalue weighted by Gasteiger charge is -2.48. The van der Waals surface area contributed by atoms with E-state index in [0.29, 0.717) is 6.10 Å². The van der Waals surface area contributed by atoms with E-state index in [0.717, 1.165) is 26.0 Å². The number of ether oxygens (including phenoxy) is 1. The average Bonchev–Trinajstić information content (AvgIpc) is 2.39. The Labute approximate surface area is 118 Å². The molecule has 2 atom stereocenters. The Bertz CT molecular complexity index is 249. The first-order valence-corrected chi connectivity index (χ1v) is 8.37. The third kappa shape index (κ3) is 3.93. The van der Waals surface area contributed by atoms with Crippen LogP contribution in [0.2, 0.25) is 0 Å². The Morgan fingerprint density at radius 2 is 1.84 bits per heavy atom. The number of hydrogen-bond donors (Lipinski definition) is 1. The number of nitrogens with two attached hydrogens (primary N) is 1. The zero-order valence-electron chi connectivity index (χ0n) is 12.7. The van der Waals surface area contributed by atoms with Crippen molar-refractivity contribution in [2.75, 3.05) is 26.2 Å². The van der Waals surface area contributed by atoms with Gasteiger partial charge in [-0.1, -0.05) is 32.6 Å². The Morgan fingerprint density at radius 1 is 1.16 bits per heavy atom. The Balaban J connectivity index is 2.01. The molecule has 2 fully saturated rings. The van der Waals surface area contributed by atoms with Crippen LogP contribution in [0.25, 0.3) is 0 Å². The van der Waals surface area contributed by atoms with Gasteiger partial charge < -0.3 is 10.5 Å². The summed E-state index contributed by atoms with van der Waals surface area (Å²) in [6.07, 6.45) is 12.0. The number of nitrogens with zero attached hydrogens (tertiary/aromatic N) is 1. The molecule has 3 heteroatoms. The molecule has 3 nitrogen and oxygen atoms in total. The Morgan fingerprint density at radius 3 is 2.47 bits per heavy atom. The van der Waals surface area contributed by atoms with Gasteiger partial charge in [0.2, 0.25) is 0 Å². The van der Waals surface area contributed by atoms with Crippen molar-refractivity contribution < 1.29 is 4.74 Å². The van der Waals surface area contributed by atoms with Gasteiger partial charge in [0, 0.05) is 18.7 Å². The maximum atomic E-state index is 6.22. The second kappa shape index (κ2) is 7.61. The van der Waals surface area contributed by atoms with Gasteiger partial charge in [0.1, 0.15) is 0 Å². The molecule has 0 aromatic carbocycles. The highest BCUT2D eigenvalue weighted by atomic mass is 16.5. The maximum absolute atomic E-state index is 6.22. The normalized spacial score (nSPS) is 34.7. The van der Waals surface area contributed by atoms with Crippen molar-refractivity contribution in [3.8, 4) is 0 Å². The first-order valence-electron chi connectivity index (χ1n) is 8.37. The van der Waals surface area contributed by atoms with Gasteiger partial charge in [-0.2, -0.15) is 0 Å². The molecule has 2 aliphatic heterocycles. The van der Waals surface area contributed by atoms with Crippen LogP contribution in [0.15, 0.2) is 0 Å². The zero-order chi connectivity index (χ0) is 13.6. The van der Waals surface area contributed by atoms with Gasteiger partial charge in [-0.25, -0.2) is 0 Å². The van der Waals surface area contributed by atoms with E-state index >= 15 is 0 Å². The molecule has 2 aliphatic rings. The monoisotopic (exact) mass is 268 g/mol. The summed E-state index contributed by atoms with van der Waals surface area (Å²) in [6.45, 7) is 6.44. The fourth-order valence-corrected chi connectivity index (χ4v) is 3.83. The van der Waals surface area contributed by atoms with Gasteiger partial charge >= 0.3 is 0 Å². The van der Waals surface area contributed by atoms with E-state index in [1.165, 1.54) is 58.0 Å². The summed E-state index contributed by atoms with van der Waals surface area (Å²) in [6, 6.07) is 0. The molecular formula is C16H32N2O. The molecule has 0 spiro atoms. The SMILES string of the molecule is CCCC1CC(CN)(N2CCCCCCC2)CCO1. The average molecular weight is 268 g/mol. The van der Waals surface area contributed by atoms with Gasteiger partial charge in [-0.3, -0.25) is 4.90 Å². The molecule has 0 radical (unpaired) electrons. The molecule has 0 aromatic rings. The molecule has 2 heterocycles. The predicted molar refractivity (Wildman–Crippen MR) is 80.3 cm³/mol. The third-order valence-corrected chi connectivity index (χ3v) is 5.05. The highest BCUT2D eigenvalue weighted by molar-refractivity contribution is 4.96. The van der Waals surface area contributed by atoms with Crippen LogP contribution in [0.3, 0.4) is 0 Å². The standard InChI is InChI=1S/C16H32N2O/c1-2-8-15-13-16(14-17,9-12-19-15)18-10-6-4-3-5-7-11-18/h15H,2-14,17H2,1H3. The van der Waals surface area contributed by atoms with Gasteiger partial charge in [0.15, 0.2) is 0 Å². The summed E-state index contributed by atoms with van der Waals surface area (Å²) >= 11 is 0. The maximum Gasteiger partial charge on any atom is 0.0593 e. The fraction of sp³-hybridized carbons (Fsp3) is 1.00. The van der Waals surface area contributed by atoms with E-state index < -0.39 is 0 Å². The fourth-order valence-electron chi connectivity index (χ4n) is 3.83. The zero-order valence-corrected chi connectivity index (χ0v) is 12.7. The first kappa shape index (κ1) is 15.3. The van der Waals surface area contributed by atoms with Crippen LogP contribution in [0.5, 0.6) is 0 Å². The van der Waals surface area contributed by atoms with Crippen LogP contribution in [0, 0.1) is 0 Å². The van der Waals surface area contributed by atoms with Gasteiger partial charge in [-0.15, -0.1) is 0 Å². The second-order valence-corrected chi connectivity index (χ2v) is 6.42. The minimum absolute atomic E-state index is 0.232. The number of rotatable bonds is 4. The van der Waals surface area contributed by atoms with Crippen molar-refractivity contribution in [3.63, 3.8) is 0 Å². The highest BCUT2D eigenvalue weighted by Gasteiger charge is 2.40. The van der Waals surface area contributed by atoms with Crippen LogP contribution in [0.4, 0.5) is 0 Å². The minimum Gasteiger partial charge on any atom is -0.378 e. The van der Waals surface area contributed by atoms with Crippen LogP contribution >= 0.6 is 0 Å². The van der Waals surface area contributed by atoms with Gasteiger partial charge in [-0.05, 0) is 45.2 Å². The van der Waals surface area contributed by atoms with E-state index in [1.54, 1.807) is 0 Å². The summed E-state index contributed by atoms with van der Waals surface area (Å²) in [4.78, 5) is 2.72. The quantitative estimate of drug-likeness (QED) is 0.852. The molecule has 2 saturated heterocycles. The van der Waals surface area contributed by atoms with Crippen LogP contribution in [0.1, 0.15) is 64.7 Å². The Kier molecular flexibility index (Phi) is 6.11. The summed E-state index contributed by atoms with van der Waals surface area (Å²) in [5, 5.41) is 0. The van der Waals surface area contributed by atoms with Crippen LogP contribution in [-0.2, 0) is 4.74 Å². The van der Waals surface area contributed by atoms with Crippen molar-refractivity contribution in [1.29, 1.82) is 0 Å². The summed E-state index contributed by atoms with van der Waals surface area (Å²) in [5.41, 5.74) is 6.45. The molecule has 0 bridgehead atoms. The second-order valence-electron chi connectivity index (χ2n) is 6.42. The first-order chi connectivity index (χ1) is 9.30. The number of hydrogen-bond acceptors (Lipinski definition) is 3. The predicted octanol–water partition coefficient (Wildman–Crippen LogP) is 2.93. The Hall–Kier alpha value is -0.120. The topological polar surface area (TPSA) is 38.5 Å². The molecule has 2 rings (SSSR count). The molecule has 0 aliphatic carbocycles. The third-order valence-electron chi connectivity index (χ3n) is 5.05. The van der Waals surface area contributed by atoms with Crippen molar-refractivity contribution in [1.82, 2.24) is 4.90 Å². The van der Waals surface area contributed by atoms with E-state index in [2.05, 4.69) is 11.8 Å². The van der Waals surface area contributed by atoms with Crippen molar-refractivity contribution in [3.05, 3.63) is 0 Å². The van der Waals surface area contributed by atoms with Crippen molar-refractivity contribution in [2.45, 2.75) is 76.4 Å². The van der Waals surface area contributed by atoms with Crippen molar-refractivity contribution >= 4 is 0 Å². The minimum atomic E-state index is 0.232. The molecule has 19 heavy (non-hydrogen) atoms. The molecule has 2 unspecified atom stereocenters. The largest absolute Gasteiger partial charge is 0.378 e. The summed E-state index contributed by atoms with van der Waals surface area (Å²) in [5.74, 6) is 0. The summed E-state index contributed by atoms with van der Waals surface area (Å²) < 4.78 is 5.94. The molecule has 112 valence electrons. The lowest BCUT2D eigenvalue weighted by Crippen LogP contribution is -2.59. The lowest BCUT2D eigenvalue weighted by atomic mass is 9.82. The van der Waals surface area contributed by atoms with Crippen LogP contribution in [-0.4, -0.2) is 42.8 Å². The molecule has 0 amide bonds. The summed E-state index contributed by atoms with van der Waals surface area (Å²) in [7, 11) is 0. The van der Waals surface area contributed by atoms with E-state index in [4.69, 9.17) is 10.5 Å². The van der Waals surface area contributed by atoms with Crippen molar-refractivity contribution in [2.24, 2.45) is 5.73 Å². The number of likely N-dealkylation sites (tertiary alicyclic amines) is 1. The van der Waals surface area contributed by atoms with Crippen LogP contribution < -0.4 is 5.73 Å². The molecule has 2 N–H and O–H groups in total. The van der Waals surface area contributed by atoms with E-state index in [1.807, 2.05) is 0 Å². The van der Waals surface area contributed by atoms with Gasteiger partial charge in [0.05, 0.1) is 6.10 Å². The molecular weight excluding hydrogens is 236 g/mol. The lowest BCUT2D eigenvalue weighted by molar-refractivity contribution is -0.0755. The van der Waals surface area contributed by atoms with E-state index in [-0.39, 0.29) is 5.54 Å². The molecule has 0 aromatic heterocycles. The highest BCUT2D eigenvalue weighted by Crippen LogP contribution is 2.33. The molecule has 0 saturated carbocycles. The smallest absolute Gasteiger partial charge is 0.0593 e. The van der Waals surface area contributed by atoms with E-state index in [9.17, 15) is 0 Å². The van der Waals surface area contributed by atoms with Gasteiger partial charge in [0.25, 0.3) is 0 Å².